The minimum Gasteiger partial charge on any atom is -0.395 e. The molecular weight excluding hydrogens is 771 g/mol. The number of nitrogens with two attached hydrogens (primary N) is 3. The second-order valence-electron chi connectivity index (χ2n) is 15.4. The molecule has 7 heterocycles. The van der Waals surface area contributed by atoms with Crippen LogP contribution in [0.4, 0.5) is 17.6 Å². The third-order valence-electron chi connectivity index (χ3n) is 11.1. The maximum absolute atomic E-state index is 13.9. The summed E-state index contributed by atoms with van der Waals surface area (Å²) in [6, 6.07) is 6.62. The molecule has 4 amide bonds. The average molecular weight is 818 g/mol. The zero-order chi connectivity index (χ0) is 42.5. The molecule has 2 fully saturated rings. The van der Waals surface area contributed by atoms with Crippen molar-refractivity contribution in [3.63, 3.8) is 0 Å². The van der Waals surface area contributed by atoms with E-state index in [0.29, 0.717) is 64.5 Å². The van der Waals surface area contributed by atoms with E-state index in [1.165, 1.54) is 12.3 Å². The first-order valence-electron chi connectivity index (χ1n) is 19.7. The van der Waals surface area contributed by atoms with E-state index in [1.807, 2.05) is 30.6 Å². The highest BCUT2D eigenvalue weighted by atomic mass is 16.5. The van der Waals surface area contributed by atoms with Crippen molar-refractivity contribution in [1.29, 1.82) is 0 Å². The Balaban J connectivity index is 1.16. The maximum Gasteiger partial charge on any atom is 0.278 e. The van der Waals surface area contributed by atoms with Gasteiger partial charge in [0.15, 0.2) is 5.65 Å². The summed E-state index contributed by atoms with van der Waals surface area (Å²) in [6.07, 6.45) is 6.11. The average Bonchev–Trinajstić information content (AvgIpc) is 4.03. The molecular formula is C40H47N15O5. The number of aryl methyl sites for hydroxylation is 4. The normalized spacial score (nSPS) is 15.1. The Morgan fingerprint density at radius 3 is 2.20 bits per heavy atom. The predicted molar refractivity (Wildman–Crippen MR) is 222 cm³/mol. The van der Waals surface area contributed by atoms with E-state index in [1.54, 1.807) is 46.0 Å². The Bertz CT molecular complexity index is 2720. The molecule has 8 N–H and O–H groups in total. The minimum atomic E-state index is -0.664. The van der Waals surface area contributed by atoms with Crippen LogP contribution in [0.5, 0.6) is 0 Å². The molecule has 8 rings (SSSR count). The van der Waals surface area contributed by atoms with E-state index >= 15 is 0 Å². The van der Waals surface area contributed by atoms with E-state index in [4.69, 9.17) is 26.9 Å². The number of amides is 4. The zero-order valence-corrected chi connectivity index (χ0v) is 33.9. The molecule has 60 heavy (non-hydrogen) atoms. The molecule has 0 radical (unpaired) electrons. The second kappa shape index (κ2) is 15.7. The van der Waals surface area contributed by atoms with Gasteiger partial charge >= 0.3 is 0 Å². The SMILES string of the molecule is CCn1nc(C)cc1C(=O)Nc1nc2cc(C(N)=O)cnc2n1C/C=C/Cn1c(NC(=O)c2c(N)c(C)nn2CC)nc2cc(C(N)=O)cc(CN3CC4(CCOC4)C3)c21. The lowest BCUT2D eigenvalue weighted by atomic mass is 9.79. The number of carbonyl (C=O) groups is 4. The lowest BCUT2D eigenvalue weighted by Crippen LogP contribution is -2.56. The summed E-state index contributed by atoms with van der Waals surface area (Å²) in [5.41, 5.74) is 23.1. The van der Waals surface area contributed by atoms with Crippen LogP contribution in [0.25, 0.3) is 22.2 Å². The summed E-state index contributed by atoms with van der Waals surface area (Å²) >= 11 is 0. The van der Waals surface area contributed by atoms with Gasteiger partial charge in [0.2, 0.25) is 23.7 Å². The molecule has 312 valence electrons. The first kappa shape index (κ1) is 39.9. The molecule has 0 saturated carbocycles. The standard InChI is InChI=1S/C40H47N15O5/c1-5-54-29(13-22(3)49-54)36(58)47-39-46-28-16-25(34(43)57)17-44-35(28)53(39)11-8-7-10-52-31-26(18-51-19-40(20-51)9-12-60-21-40)14-24(33(42)56)15-27(31)45-38(52)48-37(59)32-30(41)23(4)50-55(32)6-2/h7-8,13-17H,5-6,9-12,18-21,41H2,1-4H3,(H2,42,56)(H2,43,57)(H,45,48,59)(H,46,47,58)/b8-7+. The lowest BCUT2D eigenvalue weighted by Gasteiger charge is -2.47. The number of imidazole rings is 2. The smallest absolute Gasteiger partial charge is 0.278 e. The quantitative estimate of drug-likeness (QED) is 0.0994. The lowest BCUT2D eigenvalue weighted by molar-refractivity contribution is -0.0121. The monoisotopic (exact) mass is 817 g/mol. The highest BCUT2D eigenvalue weighted by molar-refractivity contribution is 6.07. The first-order chi connectivity index (χ1) is 28.8. The van der Waals surface area contributed by atoms with Crippen molar-refractivity contribution in [2.45, 2.75) is 66.8 Å². The van der Waals surface area contributed by atoms with Gasteiger partial charge in [0.1, 0.15) is 16.9 Å². The number of primary amides is 2. The fourth-order valence-electron chi connectivity index (χ4n) is 8.18. The van der Waals surface area contributed by atoms with Gasteiger partial charge in [-0.1, -0.05) is 12.2 Å². The Morgan fingerprint density at radius 2 is 1.52 bits per heavy atom. The Labute approximate surface area is 343 Å². The summed E-state index contributed by atoms with van der Waals surface area (Å²) in [5, 5.41) is 14.7. The van der Waals surface area contributed by atoms with Crippen LogP contribution < -0.4 is 27.8 Å². The van der Waals surface area contributed by atoms with Crippen molar-refractivity contribution in [2.75, 3.05) is 42.7 Å². The van der Waals surface area contributed by atoms with Crippen molar-refractivity contribution in [1.82, 2.24) is 48.5 Å². The molecule has 5 aromatic heterocycles. The van der Waals surface area contributed by atoms with Gasteiger partial charge in [-0.3, -0.25) is 48.6 Å². The van der Waals surface area contributed by atoms with E-state index in [-0.39, 0.29) is 47.3 Å². The van der Waals surface area contributed by atoms with Crippen molar-refractivity contribution < 1.29 is 23.9 Å². The molecule has 0 atom stereocenters. The van der Waals surface area contributed by atoms with Crippen LogP contribution in [0.3, 0.4) is 0 Å². The molecule has 1 spiro atoms. The van der Waals surface area contributed by atoms with E-state index in [2.05, 4.69) is 35.7 Å². The van der Waals surface area contributed by atoms with Crippen LogP contribution in [0.2, 0.25) is 0 Å². The van der Waals surface area contributed by atoms with Gasteiger partial charge in [-0.15, -0.1) is 0 Å². The van der Waals surface area contributed by atoms with E-state index in [0.717, 1.165) is 38.3 Å². The summed E-state index contributed by atoms with van der Waals surface area (Å²) in [4.78, 5) is 68.3. The Hall–Kier alpha value is -6.93. The Kier molecular flexibility index (Phi) is 10.4. The van der Waals surface area contributed by atoms with Crippen molar-refractivity contribution in [3.05, 3.63) is 82.1 Å². The molecule has 0 bridgehead atoms. The fourth-order valence-corrected chi connectivity index (χ4v) is 8.18. The highest BCUT2D eigenvalue weighted by Crippen LogP contribution is 2.40. The van der Waals surface area contributed by atoms with Gasteiger partial charge in [0.25, 0.3) is 11.8 Å². The van der Waals surface area contributed by atoms with Crippen LogP contribution in [0.15, 0.2) is 42.6 Å². The molecule has 20 nitrogen and oxygen atoms in total. The number of nitrogens with zero attached hydrogens (tertiary/aromatic N) is 10. The number of likely N-dealkylation sites (tertiary alicyclic amines) is 1. The van der Waals surface area contributed by atoms with Crippen LogP contribution >= 0.6 is 0 Å². The number of carbonyl (C=O) groups excluding carboxylic acids is 4. The van der Waals surface area contributed by atoms with Gasteiger partial charge in [0.05, 0.1) is 40.3 Å². The van der Waals surface area contributed by atoms with Crippen molar-refractivity contribution >= 4 is 63.4 Å². The number of rotatable bonds is 14. The third-order valence-corrected chi connectivity index (χ3v) is 11.1. The summed E-state index contributed by atoms with van der Waals surface area (Å²) < 4.78 is 12.4. The number of allylic oxidation sites excluding steroid dienone is 2. The topological polar surface area (TPSA) is 267 Å². The number of benzene rings is 1. The predicted octanol–water partition coefficient (Wildman–Crippen LogP) is 2.59. The van der Waals surface area contributed by atoms with Gasteiger partial charge in [0, 0.05) is 69.6 Å². The van der Waals surface area contributed by atoms with Gasteiger partial charge in [-0.05, 0) is 63.9 Å². The zero-order valence-electron chi connectivity index (χ0n) is 33.9. The van der Waals surface area contributed by atoms with Crippen molar-refractivity contribution in [2.24, 2.45) is 16.9 Å². The number of pyridine rings is 1. The summed E-state index contributed by atoms with van der Waals surface area (Å²) in [7, 11) is 0. The molecule has 0 aliphatic carbocycles. The molecule has 2 aliphatic heterocycles. The summed E-state index contributed by atoms with van der Waals surface area (Å²) in [5.74, 6) is -1.77. The summed E-state index contributed by atoms with van der Waals surface area (Å²) in [6.45, 7) is 12.3. The first-order valence-corrected chi connectivity index (χ1v) is 19.7. The number of nitrogen functional groups attached to an aromatic ring is 1. The number of nitrogens with one attached hydrogen (secondary N) is 2. The van der Waals surface area contributed by atoms with E-state index < -0.39 is 23.6 Å². The van der Waals surface area contributed by atoms with Crippen molar-refractivity contribution in [3.8, 4) is 0 Å². The van der Waals surface area contributed by atoms with Crippen LogP contribution in [-0.2, 0) is 37.5 Å². The largest absolute Gasteiger partial charge is 0.395 e. The molecule has 2 saturated heterocycles. The van der Waals surface area contributed by atoms with Gasteiger partial charge in [-0.25, -0.2) is 15.0 Å². The van der Waals surface area contributed by atoms with Crippen LogP contribution in [0, 0.1) is 19.3 Å². The molecule has 6 aromatic rings. The van der Waals surface area contributed by atoms with Crippen LogP contribution in [0.1, 0.15) is 78.9 Å². The minimum absolute atomic E-state index is 0.130. The number of fused-ring (bicyclic) bond motifs is 2. The maximum atomic E-state index is 13.9. The third kappa shape index (κ3) is 7.34. The number of ether oxygens (including phenoxy) is 1. The fraction of sp³-hybridized carbons (Fsp3) is 0.375. The number of hydrogen-bond acceptors (Lipinski definition) is 12. The molecule has 20 heteroatoms. The molecule has 1 aromatic carbocycles. The number of aromatic nitrogens is 9. The number of anilines is 3. The molecule has 0 unspecified atom stereocenters. The van der Waals surface area contributed by atoms with E-state index in [9.17, 15) is 19.2 Å². The highest BCUT2D eigenvalue weighted by Gasteiger charge is 2.45. The number of hydrogen-bond donors (Lipinski definition) is 5. The second-order valence-corrected chi connectivity index (χ2v) is 15.4. The Morgan fingerprint density at radius 1 is 0.850 bits per heavy atom. The molecule has 2 aliphatic rings. The van der Waals surface area contributed by atoms with Crippen LogP contribution in [-0.4, -0.2) is 98.5 Å². The van der Waals surface area contributed by atoms with Gasteiger partial charge in [-0.2, -0.15) is 10.2 Å². The van der Waals surface area contributed by atoms with Gasteiger partial charge < -0.3 is 26.5 Å².